The van der Waals surface area contributed by atoms with Gasteiger partial charge >= 0.3 is 17.8 Å². The molecule has 1 saturated heterocycles. The second-order valence-electron chi connectivity index (χ2n) is 3.72. The van der Waals surface area contributed by atoms with Crippen molar-refractivity contribution in [3.05, 3.63) is 0 Å². The van der Waals surface area contributed by atoms with E-state index in [0.29, 0.717) is 5.06 Å². The van der Waals surface area contributed by atoms with Gasteiger partial charge in [-0.05, 0) is 13.3 Å². The van der Waals surface area contributed by atoms with Crippen molar-refractivity contribution < 1.29 is 27.9 Å². The summed E-state index contributed by atoms with van der Waals surface area (Å²) in [6, 6.07) is -0.689. The summed E-state index contributed by atoms with van der Waals surface area (Å²) in [5.41, 5.74) is 0. The van der Waals surface area contributed by atoms with Gasteiger partial charge in [0.2, 0.25) is 0 Å². The van der Waals surface area contributed by atoms with E-state index in [1.807, 2.05) is 0 Å². The number of carbonyl (C=O) groups excluding carboxylic acids is 2. The maximum Gasteiger partial charge on any atom is 0.327 e. The Balaban J connectivity index is 2.68. The fourth-order valence-electron chi connectivity index (χ4n) is 1.73. The highest BCUT2D eigenvalue weighted by Gasteiger charge is 2.49. The van der Waals surface area contributed by atoms with Crippen molar-refractivity contribution in [2.24, 2.45) is 0 Å². The number of amides is 1. The second-order valence-corrected chi connectivity index (χ2v) is 3.72. The van der Waals surface area contributed by atoms with Crippen LogP contribution in [-0.4, -0.2) is 42.6 Å². The molecule has 0 aromatic rings. The minimum Gasteiger partial charge on any atom is -0.466 e. The molecule has 1 unspecified atom stereocenters. The van der Waals surface area contributed by atoms with E-state index in [-0.39, 0.29) is 19.4 Å². The summed E-state index contributed by atoms with van der Waals surface area (Å²) >= 11 is 0. The Morgan fingerprint density at radius 1 is 1.59 bits per heavy atom. The molecular weight excluding hydrogens is 236 g/mol. The molecule has 1 fully saturated rings. The number of hydrogen-bond acceptors (Lipinski definition) is 4. The molecule has 0 N–H and O–H groups in total. The molecule has 17 heavy (non-hydrogen) atoms. The predicted molar refractivity (Wildman–Crippen MR) is 53.1 cm³/mol. The van der Waals surface area contributed by atoms with Crippen molar-refractivity contribution in [2.45, 2.75) is 38.2 Å². The van der Waals surface area contributed by atoms with Crippen molar-refractivity contribution in [3.8, 4) is 0 Å². The summed E-state index contributed by atoms with van der Waals surface area (Å²) < 4.78 is 30.9. The number of hydrogen-bond donors (Lipinski definition) is 0. The first-order chi connectivity index (χ1) is 7.92. The first-order valence-electron chi connectivity index (χ1n) is 5.33. The van der Waals surface area contributed by atoms with Gasteiger partial charge in [0.05, 0.1) is 26.2 Å². The topological polar surface area (TPSA) is 55.8 Å². The lowest BCUT2D eigenvalue weighted by Crippen LogP contribution is -2.53. The van der Waals surface area contributed by atoms with Gasteiger partial charge in [-0.3, -0.25) is 14.4 Å². The van der Waals surface area contributed by atoms with Gasteiger partial charge in [-0.25, -0.2) is 5.06 Å². The van der Waals surface area contributed by atoms with Crippen molar-refractivity contribution >= 4 is 11.9 Å². The van der Waals surface area contributed by atoms with Crippen LogP contribution < -0.4 is 0 Å². The Morgan fingerprint density at radius 3 is 2.76 bits per heavy atom. The third-order valence-electron chi connectivity index (χ3n) is 2.54. The summed E-state index contributed by atoms with van der Waals surface area (Å²) in [6.45, 7) is 1.86. The molecular formula is C10H15F2NO4. The standard InChI is InChI=1S/C10H15F2NO4/c1-3-17-8(14)6-7-4-5-10(11,12)9(15)13(7)16-2/h7H,3-6H2,1-2H3. The zero-order chi connectivity index (χ0) is 13.1. The van der Waals surface area contributed by atoms with Crippen molar-refractivity contribution in [1.82, 2.24) is 5.06 Å². The van der Waals surface area contributed by atoms with Crippen LogP contribution in [0.15, 0.2) is 0 Å². The Morgan fingerprint density at radius 2 is 2.24 bits per heavy atom. The first kappa shape index (κ1) is 13.8. The molecule has 1 aliphatic rings. The molecule has 0 spiro atoms. The Bertz CT molecular complexity index is 309. The zero-order valence-corrected chi connectivity index (χ0v) is 9.74. The predicted octanol–water partition coefficient (Wildman–Crippen LogP) is 1.13. The van der Waals surface area contributed by atoms with E-state index >= 15 is 0 Å². The van der Waals surface area contributed by atoms with Crippen LogP contribution in [0.1, 0.15) is 26.2 Å². The number of halogens is 2. The molecule has 1 aliphatic heterocycles. The molecule has 5 nitrogen and oxygen atoms in total. The molecule has 0 aliphatic carbocycles. The molecule has 1 rings (SSSR count). The van der Waals surface area contributed by atoms with Crippen LogP contribution in [0, 0.1) is 0 Å². The highest BCUT2D eigenvalue weighted by atomic mass is 19.3. The maximum absolute atomic E-state index is 13.1. The summed E-state index contributed by atoms with van der Waals surface area (Å²) in [5.74, 6) is -5.35. The van der Waals surface area contributed by atoms with Crippen LogP contribution in [-0.2, 0) is 19.2 Å². The van der Waals surface area contributed by atoms with E-state index in [0.717, 1.165) is 7.11 Å². The maximum atomic E-state index is 13.1. The smallest absolute Gasteiger partial charge is 0.327 e. The molecule has 0 aromatic heterocycles. The van der Waals surface area contributed by atoms with E-state index < -0.39 is 30.3 Å². The van der Waals surface area contributed by atoms with Crippen LogP contribution in [0.25, 0.3) is 0 Å². The van der Waals surface area contributed by atoms with E-state index in [4.69, 9.17) is 4.74 Å². The number of rotatable bonds is 4. The number of alkyl halides is 2. The molecule has 7 heteroatoms. The highest BCUT2D eigenvalue weighted by molar-refractivity contribution is 5.84. The van der Waals surface area contributed by atoms with Crippen molar-refractivity contribution in [1.29, 1.82) is 0 Å². The minimum atomic E-state index is -3.42. The number of ether oxygens (including phenoxy) is 1. The molecule has 0 aromatic carbocycles. The number of hydroxylamine groups is 2. The third-order valence-corrected chi connectivity index (χ3v) is 2.54. The fraction of sp³-hybridized carbons (Fsp3) is 0.800. The fourth-order valence-corrected chi connectivity index (χ4v) is 1.73. The van der Waals surface area contributed by atoms with Gasteiger partial charge in [-0.2, -0.15) is 8.78 Å². The van der Waals surface area contributed by atoms with Gasteiger partial charge in [0.25, 0.3) is 0 Å². The zero-order valence-electron chi connectivity index (χ0n) is 9.74. The van der Waals surface area contributed by atoms with Gasteiger partial charge in [0, 0.05) is 6.42 Å². The first-order valence-corrected chi connectivity index (χ1v) is 5.33. The van der Waals surface area contributed by atoms with Crippen molar-refractivity contribution in [2.75, 3.05) is 13.7 Å². The normalized spacial score (nSPS) is 23.6. The van der Waals surface area contributed by atoms with Crippen LogP contribution in [0.2, 0.25) is 0 Å². The SMILES string of the molecule is CCOC(=O)CC1CCC(F)(F)C(=O)N1OC. The largest absolute Gasteiger partial charge is 0.466 e. The monoisotopic (exact) mass is 251 g/mol. The highest BCUT2D eigenvalue weighted by Crippen LogP contribution is 2.32. The molecule has 1 atom stereocenters. The average molecular weight is 251 g/mol. The lowest BCUT2D eigenvalue weighted by atomic mass is 9.98. The van der Waals surface area contributed by atoms with Gasteiger partial charge in [0.15, 0.2) is 0 Å². The molecule has 1 amide bonds. The summed E-state index contributed by atoms with van der Waals surface area (Å²) in [6.07, 6.45) is -0.704. The summed E-state index contributed by atoms with van der Waals surface area (Å²) in [5, 5.41) is 0.570. The minimum absolute atomic E-state index is 0.00535. The lowest BCUT2D eigenvalue weighted by molar-refractivity contribution is -0.227. The number of esters is 1. The van der Waals surface area contributed by atoms with Gasteiger partial charge < -0.3 is 4.74 Å². The van der Waals surface area contributed by atoms with E-state index in [9.17, 15) is 18.4 Å². The van der Waals surface area contributed by atoms with E-state index in [2.05, 4.69) is 4.84 Å². The average Bonchev–Trinajstić information content (AvgIpc) is 2.25. The quantitative estimate of drug-likeness (QED) is 0.703. The number of nitrogens with zero attached hydrogens (tertiary/aromatic N) is 1. The summed E-state index contributed by atoms with van der Waals surface area (Å²) in [7, 11) is 1.12. The van der Waals surface area contributed by atoms with E-state index in [1.54, 1.807) is 6.92 Å². The molecule has 0 bridgehead atoms. The second kappa shape index (κ2) is 5.39. The molecule has 98 valence electrons. The lowest BCUT2D eigenvalue weighted by Gasteiger charge is -2.36. The Labute approximate surface area is 97.6 Å². The summed E-state index contributed by atoms with van der Waals surface area (Å²) in [4.78, 5) is 27.2. The number of carbonyl (C=O) groups is 2. The van der Waals surface area contributed by atoms with Gasteiger partial charge in [-0.15, -0.1) is 0 Å². The Hall–Kier alpha value is -1.24. The van der Waals surface area contributed by atoms with Crippen LogP contribution in [0.3, 0.4) is 0 Å². The number of piperidine rings is 1. The van der Waals surface area contributed by atoms with E-state index in [1.165, 1.54) is 0 Å². The van der Waals surface area contributed by atoms with Gasteiger partial charge in [0.1, 0.15) is 0 Å². The molecule has 1 heterocycles. The van der Waals surface area contributed by atoms with Gasteiger partial charge in [-0.1, -0.05) is 0 Å². The third kappa shape index (κ3) is 3.12. The molecule has 0 radical (unpaired) electrons. The van der Waals surface area contributed by atoms with Crippen molar-refractivity contribution in [3.63, 3.8) is 0 Å². The Kier molecular flexibility index (Phi) is 4.39. The van der Waals surface area contributed by atoms with Crippen LogP contribution in [0.4, 0.5) is 8.78 Å². The van der Waals surface area contributed by atoms with Crippen LogP contribution in [0.5, 0.6) is 0 Å². The van der Waals surface area contributed by atoms with Crippen LogP contribution >= 0.6 is 0 Å². The molecule has 0 saturated carbocycles.